The summed E-state index contributed by atoms with van der Waals surface area (Å²) in [5.74, 6) is -0.301. The highest BCUT2D eigenvalue weighted by molar-refractivity contribution is 8.04. The lowest BCUT2D eigenvalue weighted by Gasteiger charge is -2.15. The molecule has 0 fully saturated rings. The van der Waals surface area contributed by atoms with Gasteiger partial charge in [-0.2, -0.15) is 0 Å². The molecule has 0 bridgehead atoms. The Kier molecular flexibility index (Phi) is 5.04. The number of nitrogens with zero attached hydrogens (tertiary/aromatic N) is 1. The molecule has 25 heavy (non-hydrogen) atoms. The SMILES string of the molecule is CCSC1=C(c2ccc(F)cc2)C(=O)N(Cc2ccc(C)cc2)C1=O. The van der Waals surface area contributed by atoms with Crippen molar-refractivity contribution in [2.45, 2.75) is 20.4 Å². The Morgan fingerprint density at radius 3 is 2.20 bits per heavy atom. The first-order chi connectivity index (χ1) is 12.0. The van der Waals surface area contributed by atoms with E-state index in [4.69, 9.17) is 0 Å². The fraction of sp³-hybridized carbons (Fsp3) is 0.200. The summed E-state index contributed by atoms with van der Waals surface area (Å²) >= 11 is 1.35. The lowest BCUT2D eigenvalue weighted by Crippen LogP contribution is -2.30. The number of carbonyl (C=O) groups is 2. The minimum atomic E-state index is -0.373. The second kappa shape index (κ2) is 7.23. The van der Waals surface area contributed by atoms with Crippen LogP contribution in [0.5, 0.6) is 0 Å². The van der Waals surface area contributed by atoms with Crippen molar-refractivity contribution in [3.63, 3.8) is 0 Å². The molecule has 3 nitrogen and oxygen atoms in total. The summed E-state index contributed by atoms with van der Waals surface area (Å²) < 4.78 is 13.2. The molecule has 1 aliphatic rings. The number of imide groups is 1. The van der Waals surface area contributed by atoms with E-state index in [0.717, 1.165) is 11.1 Å². The highest BCUT2D eigenvalue weighted by Gasteiger charge is 2.38. The van der Waals surface area contributed by atoms with Gasteiger partial charge < -0.3 is 0 Å². The molecule has 5 heteroatoms. The maximum Gasteiger partial charge on any atom is 0.268 e. The fourth-order valence-corrected chi connectivity index (χ4v) is 3.59. The van der Waals surface area contributed by atoms with Crippen LogP contribution in [0.4, 0.5) is 4.39 Å². The molecule has 0 saturated carbocycles. The Hall–Kier alpha value is -2.40. The first-order valence-corrected chi connectivity index (χ1v) is 9.04. The molecule has 2 aromatic carbocycles. The van der Waals surface area contributed by atoms with Gasteiger partial charge in [0.1, 0.15) is 5.82 Å². The van der Waals surface area contributed by atoms with Crippen molar-refractivity contribution in [1.29, 1.82) is 0 Å². The van der Waals surface area contributed by atoms with E-state index in [1.807, 2.05) is 38.1 Å². The molecule has 0 radical (unpaired) electrons. The maximum absolute atomic E-state index is 13.2. The molecule has 0 atom stereocenters. The Morgan fingerprint density at radius 1 is 0.960 bits per heavy atom. The fourth-order valence-electron chi connectivity index (χ4n) is 2.72. The largest absolute Gasteiger partial charge is 0.269 e. The Labute approximate surface area is 150 Å². The third kappa shape index (κ3) is 3.51. The van der Waals surface area contributed by atoms with Crippen molar-refractivity contribution in [3.8, 4) is 0 Å². The minimum Gasteiger partial charge on any atom is -0.269 e. The number of carbonyl (C=O) groups excluding carboxylic acids is 2. The first kappa shape index (κ1) is 17.4. The number of halogens is 1. The molecule has 0 unspecified atom stereocenters. The molecule has 0 spiro atoms. The van der Waals surface area contributed by atoms with Crippen molar-refractivity contribution < 1.29 is 14.0 Å². The van der Waals surface area contributed by atoms with E-state index >= 15 is 0 Å². The van der Waals surface area contributed by atoms with Crippen molar-refractivity contribution >= 4 is 29.1 Å². The van der Waals surface area contributed by atoms with Gasteiger partial charge in [-0.25, -0.2) is 4.39 Å². The van der Waals surface area contributed by atoms with Gasteiger partial charge in [-0.05, 0) is 35.9 Å². The Morgan fingerprint density at radius 2 is 1.60 bits per heavy atom. The van der Waals surface area contributed by atoms with Gasteiger partial charge >= 0.3 is 0 Å². The summed E-state index contributed by atoms with van der Waals surface area (Å²) in [7, 11) is 0. The van der Waals surface area contributed by atoms with E-state index < -0.39 is 0 Å². The van der Waals surface area contributed by atoms with Crippen LogP contribution in [0.25, 0.3) is 5.57 Å². The smallest absolute Gasteiger partial charge is 0.268 e. The molecule has 0 aliphatic carbocycles. The number of rotatable bonds is 5. The van der Waals surface area contributed by atoms with Crippen molar-refractivity contribution in [3.05, 3.63) is 75.9 Å². The van der Waals surface area contributed by atoms with Gasteiger partial charge in [-0.15, -0.1) is 11.8 Å². The monoisotopic (exact) mass is 355 g/mol. The zero-order valence-corrected chi connectivity index (χ0v) is 14.9. The van der Waals surface area contributed by atoms with E-state index in [1.165, 1.54) is 28.8 Å². The zero-order valence-electron chi connectivity index (χ0n) is 14.1. The quantitative estimate of drug-likeness (QED) is 0.756. The molecule has 2 aromatic rings. The van der Waals surface area contributed by atoms with Gasteiger partial charge in [-0.3, -0.25) is 14.5 Å². The summed E-state index contributed by atoms with van der Waals surface area (Å²) in [5, 5.41) is 0. The summed E-state index contributed by atoms with van der Waals surface area (Å²) in [4.78, 5) is 27.4. The van der Waals surface area contributed by atoms with Crippen molar-refractivity contribution in [2.24, 2.45) is 0 Å². The molecule has 1 aliphatic heterocycles. The maximum atomic E-state index is 13.2. The third-order valence-corrected chi connectivity index (χ3v) is 4.96. The van der Waals surface area contributed by atoms with E-state index in [9.17, 15) is 14.0 Å². The molecular formula is C20H18FNO2S. The van der Waals surface area contributed by atoms with Crippen LogP contribution < -0.4 is 0 Å². The predicted molar refractivity (Wildman–Crippen MR) is 98.2 cm³/mol. The third-order valence-electron chi connectivity index (χ3n) is 4.01. The second-order valence-corrected chi connectivity index (χ2v) is 7.10. The van der Waals surface area contributed by atoms with E-state index in [2.05, 4.69) is 0 Å². The van der Waals surface area contributed by atoms with E-state index in [1.54, 1.807) is 12.1 Å². The molecular weight excluding hydrogens is 337 g/mol. The Bertz CT molecular complexity index is 841. The van der Waals surface area contributed by atoms with Gasteiger partial charge in [0.05, 0.1) is 17.0 Å². The lowest BCUT2D eigenvalue weighted by molar-refractivity contribution is -0.137. The number of hydrogen-bond acceptors (Lipinski definition) is 3. The molecule has 3 rings (SSSR count). The highest BCUT2D eigenvalue weighted by atomic mass is 32.2. The van der Waals surface area contributed by atoms with Crippen molar-refractivity contribution in [2.75, 3.05) is 5.75 Å². The number of benzene rings is 2. The minimum absolute atomic E-state index is 0.233. The first-order valence-electron chi connectivity index (χ1n) is 8.06. The number of aryl methyl sites for hydroxylation is 1. The topological polar surface area (TPSA) is 37.4 Å². The van der Waals surface area contributed by atoms with Crippen LogP contribution in [0.3, 0.4) is 0 Å². The zero-order chi connectivity index (χ0) is 18.0. The summed E-state index contributed by atoms with van der Waals surface area (Å²) in [6.07, 6.45) is 0. The van der Waals surface area contributed by atoms with E-state index in [0.29, 0.717) is 21.8 Å². The molecule has 128 valence electrons. The van der Waals surface area contributed by atoms with Crippen LogP contribution >= 0.6 is 11.8 Å². The highest BCUT2D eigenvalue weighted by Crippen LogP contribution is 2.36. The predicted octanol–water partition coefficient (Wildman–Crippen LogP) is 4.17. The normalized spacial score (nSPS) is 14.6. The van der Waals surface area contributed by atoms with Gasteiger partial charge in [0.25, 0.3) is 11.8 Å². The number of hydrogen-bond donors (Lipinski definition) is 0. The summed E-state index contributed by atoms with van der Waals surface area (Å²) in [5.41, 5.74) is 2.95. The van der Waals surface area contributed by atoms with Crippen LogP contribution in [0.15, 0.2) is 53.4 Å². The van der Waals surface area contributed by atoms with Crippen LogP contribution in [0, 0.1) is 12.7 Å². The lowest BCUT2D eigenvalue weighted by atomic mass is 10.1. The Balaban J connectivity index is 1.95. The summed E-state index contributed by atoms with van der Waals surface area (Å²) in [6.45, 7) is 4.15. The standard InChI is InChI=1S/C20H18FNO2S/c1-3-25-18-17(15-8-10-16(21)11-9-15)19(23)22(20(18)24)12-14-6-4-13(2)5-7-14/h4-11H,3,12H2,1-2H3. The molecule has 2 amide bonds. The van der Waals surface area contributed by atoms with Crippen LogP contribution in [0.2, 0.25) is 0 Å². The molecule has 0 N–H and O–H groups in total. The van der Waals surface area contributed by atoms with E-state index in [-0.39, 0.29) is 24.2 Å². The van der Waals surface area contributed by atoms with Crippen LogP contribution in [-0.2, 0) is 16.1 Å². The number of thioether (sulfide) groups is 1. The molecule has 0 aromatic heterocycles. The van der Waals surface area contributed by atoms with Gasteiger partial charge in [0.2, 0.25) is 0 Å². The van der Waals surface area contributed by atoms with Crippen LogP contribution in [-0.4, -0.2) is 22.5 Å². The average Bonchev–Trinajstić information content (AvgIpc) is 2.83. The summed E-state index contributed by atoms with van der Waals surface area (Å²) in [6, 6.07) is 13.4. The van der Waals surface area contributed by atoms with Gasteiger partial charge in [-0.1, -0.05) is 48.9 Å². The second-order valence-electron chi connectivity index (χ2n) is 5.83. The van der Waals surface area contributed by atoms with Crippen molar-refractivity contribution in [1.82, 2.24) is 4.90 Å². The van der Waals surface area contributed by atoms with Gasteiger partial charge in [0.15, 0.2) is 0 Å². The average molecular weight is 355 g/mol. The number of amides is 2. The van der Waals surface area contributed by atoms with Crippen LogP contribution in [0.1, 0.15) is 23.6 Å². The molecule has 1 heterocycles. The molecule has 0 saturated heterocycles. The van der Waals surface area contributed by atoms with Gasteiger partial charge in [0, 0.05) is 0 Å².